The molecule has 0 fully saturated rings. The van der Waals surface area contributed by atoms with Crippen molar-refractivity contribution in [3.63, 3.8) is 0 Å². The maximum Gasteiger partial charge on any atom is 0.0545 e. The van der Waals surface area contributed by atoms with Crippen LogP contribution in [0.1, 0.15) is 13.3 Å². The lowest BCUT2D eigenvalue weighted by Crippen LogP contribution is -2.11. The third-order valence-electron chi connectivity index (χ3n) is 0.673. The third-order valence-corrected chi connectivity index (χ3v) is 1.55. The zero-order valence-corrected chi connectivity index (χ0v) is 5.37. The molecule has 0 aliphatic carbocycles. The zero-order valence-electron chi connectivity index (χ0n) is 4.55. The smallest absolute Gasteiger partial charge is 0.0545 e. The Balaban J connectivity index is 2.98. The molecule has 0 amide bonds. The van der Waals surface area contributed by atoms with Gasteiger partial charge in [-0.3, -0.25) is 0 Å². The Labute approximate surface area is 49.0 Å². The molecule has 1 atom stereocenters. The van der Waals surface area contributed by atoms with E-state index in [1.54, 1.807) is 17.2 Å². The van der Waals surface area contributed by atoms with Crippen LogP contribution in [-0.2, 0) is 0 Å². The lowest BCUT2D eigenvalue weighted by Gasteiger charge is -2.00. The maximum atomic E-state index is 5.48. The number of thioether (sulfide) groups is 1. The molecule has 42 valence electrons. The molecule has 0 aliphatic heterocycles. The van der Waals surface area contributed by atoms with Gasteiger partial charge in [0.1, 0.15) is 0 Å². The van der Waals surface area contributed by atoms with Crippen LogP contribution < -0.4 is 5.73 Å². The van der Waals surface area contributed by atoms with E-state index in [9.17, 15) is 0 Å². The molecule has 0 aromatic carbocycles. The van der Waals surface area contributed by atoms with Crippen LogP contribution in [0.2, 0.25) is 0 Å². The Kier molecular flexibility index (Phi) is 4.25. The van der Waals surface area contributed by atoms with E-state index in [2.05, 4.69) is 13.5 Å². The van der Waals surface area contributed by atoms with E-state index in [4.69, 9.17) is 5.73 Å². The van der Waals surface area contributed by atoms with Crippen molar-refractivity contribution < 1.29 is 0 Å². The molecule has 0 aliphatic rings. The summed E-state index contributed by atoms with van der Waals surface area (Å²) in [4.78, 5) is 0. The minimum atomic E-state index is 0.248. The number of hydrogen-bond donors (Lipinski definition) is 1. The quantitative estimate of drug-likeness (QED) is 0.568. The molecule has 0 rings (SSSR count). The Morgan fingerprint density at radius 1 is 2.00 bits per heavy atom. The molecule has 0 saturated heterocycles. The monoisotopic (exact) mass is 117 g/mol. The molecule has 7 heavy (non-hydrogen) atoms. The largest absolute Gasteiger partial charge is 0.319 e. The summed E-state index contributed by atoms with van der Waals surface area (Å²) in [5.74, 6) is 0. The van der Waals surface area contributed by atoms with Crippen molar-refractivity contribution in [2.75, 3.05) is 0 Å². The first-order valence-corrected chi connectivity index (χ1v) is 3.27. The first-order chi connectivity index (χ1) is 3.31. The van der Waals surface area contributed by atoms with Gasteiger partial charge in [-0.25, -0.2) is 0 Å². The fourth-order valence-corrected chi connectivity index (χ4v) is 0.659. The van der Waals surface area contributed by atoms with Crippen LogP contribution in [0.5, 0.6) is 0 Å². The van der Waals surface area contributed by atoms with Crippen molar-refractivity contribution in [2.45, 2.75) is 18.7 Å². The van der Waals surface area contributed by atoms with Gasteiger partial charge in [0.2, 0.25) is 0 Å². The van der Waals surface area contributed by atoms with Crippen molar-refractivity contribution >= 4 is 11.8 Å². The summed E-state index contributed by atoms with van der Waals surface area (Å²) in [5.41, 5.74) is 5.48. The number of rotatable bonds is 3. The van der Waals surface area contributed by atoms with Crippen LogP contribution in [-0.4, -0.2) is 5.37 Å². The predicted molar refractivity (Wildman–Crippen MR) is 36.1 cm³/mol. The summed E-state index contributed by atoms with van der Waals surface area (Å²) in [6.07, 6.45) is 1.01. The Hall–Kier alpha value is 0.0500. The van der Waals surface area contributed by atoms with Crippen LogP contribution in [0.3, 0.4) is 0 Å². The lowest BCUT2D eigenvalue weighted by molar-refractivity contribution is 0.872. The second-order valence-corrected chi connectivity index (χ2v) is 2.46. The fraction of sp³-hybridized carbons (Fsp3) is 0.600. The van der Waals surface area contributed by atoms with E-state index >= 15 is 0 Å². The van der Waals surface area contributed by atoms with Gasteiger partial charge in [-0.2, -0.15) is 0 Å². The summed E-state index contributed by atoms with van der Waals surface area (Å²) >= 11 is 1.57. The topological polar surface area (TPSA) is 26.0 Å². The normalized spacial score (nSPS) is 13.4. The van der Waals surface area contributed by atoms with Crippen molar-refractivity contribution in [2.24, 2.45) is 5.73 Å². The van der Waals surface area contributed by atoms with E-state index in [0.29, 0.717) is 0 Å². The highest BCUT2D eigenvalue weighted by Gasteiger charge is 1.91. The Morgan fingerprint density at radius 2 is 2.57 bits per heavy atom. The average molecular weight is 117 g/mol. The summed E-state index contributed by atoms with van der Waals surface area (Å²) < 4.78 is 0. The minimum absolute atomic E-state index is 0.248. The van der Waals surface area contributed by atoms with Crippen LogP contribution in [0, 0.1) is 0 Å². The number of nitrogens with two attached hydrogens (primary N) is 1. The third kappa shape index (κ3) is 3.89. The lowest BCUT2D eigenvalue weighted by atomic mass is 10.5. The summed E-state index contributed by atoms with van der Waals surface area (Å²) in [7, 11) is 0. The van der Waals surface area contributed by atoms with Crippen LogP contribution >= 0.6 is 11.8 Å². The van der Waals surface area contributed by atoms with Gasteiger partial charge < -0.3 is 5.73 Å². The molecule has 1 unspecified atom stereocenters. The van der Waals surface area contributed by atoms with Gasteiger partial charge in [0, 0.05) is 0 Å². The molecule has 0 saturated carbocycles. The van der Waals surface area contributed by atoms with E-state index < -0.39 is 0 Å². The van der Waals surface area contributed by atoms with Gasteiger partial charge in [0.05, 0.1) is 5.37 Å². The predicted octanol–water partition coefficient (Wildman–Crippen LogP) is 1.56. The molecular formula is C5H11NS. The first-order valence-electron chi connectivity index (χ1n) is 2.33. The molecule has 0 aromatic heterocycles. The van der Waals surface area contributed by atoms with Crippen molar-refractivity contribution in [3.8, 4) is 0 Å². The second-order valence-electron chi connectivity index (χ2n) is 1.25. The highest BCUT2D eigenvalue weighted by atomic mass is 32.2. The molecule has 2 heteroatoms. The number of hydrogen-bond acceptors (Lipinski definition) is 2. The second kappa shape index (κ2) is 4.22. The van der Waals surface area contributed by atoms with Crippen molar-refractivity contribution in [1.29, 1.82) is 0 Å². The van der Waals surface area contributed by atoms with E-state index in [-0.39, 0.29) is 5.37 Å². The van der Waals surface area contributed by atoms with E-state index in [0.717, 1.165) is 6.42 Å². The highest BCUT2D eigenvalue weighted by molar-refractivity contribution is 8.02. The molecular weight excluding hydrogens is 106 g/mol. The van der Waals surface area contributed by atoms with Gasteiger partial charge in [-0.05, 0) is 11.8 Å². The summed E-state index contributed by atoms with van der Waals surface area (Å²) in [6.45, 7) is 5.59. The summed E-state index contributed by atoms with van der Waals surface area (Å²) in [5, 5.41) is 2.02. The standard InChI is InChI=1S/C5H11NS/c1-3-5(6)7-4-2/h4-5H,2-3,6H2,1H3. The molecule has 0 spiro atoms. The zero-order chi connectivity index (χ0) is 5.70. The first kappa shape index (κ1) is 7.05. The van der Waals surface area contributed by atoms with Crippen LogP contribution in [0.15, 0.2) is 12.0 Å². The average Bonchev–Trinajstić information content (AvgIpc) is 1.68. The minimum Gasteiger partial charge on any atom is -0.319 e. The van der Waals surface area contributed by atoms with Gasteiger partial charge in [-0.1, -0.05) is 13.5 Å². The van der Waals surface area contributed by atoms with E-state index in [1.807, 2.05) is 0 Å². The van der Waals surface area contributed by atoms with Crippen molar-refractivity contribution in [1.82, 2.24) is 0 Å². The van der Waals surface area contributed by atoms with Crippen molar-refractivity contribution in [3.05, 3.63) is 12.0 Å². The molecule has 1 nitrogen and oxygen atoms in total. The van der Waals surface area contributed by atoms with E-state index in [1.165, 1.54) is 0 Å². The molecule has 2 N–H and O–H groups in total. The molecule has 0 aromatic rings. The maximum absolute atomic E-state index is 5.48. The van der Waals surface area contributed by atoms with Gasteiger partial charge in [-0.15, -0.1) is 11.8 Å². The molecule has 0 radical (unpaired) electrons. The fourth-order valence-electron chi connectivity index (χ4n) is 0.220. The van der Waals surface area contributed by atoms with Crippen LogP contribution in [0.25, 0.3) is 0 Å². The Bertz CT molecular complexity index is 54.0. The summed E-state index contributed by atoms with van der Waals surface area (Å²) in [6, 6.07) is 0. The Morgan fingerprint density at radius 3 is 2.71 bits per heavy atom. The highest BCUT2D eigenvalue weighted by Crippen LogP contribution is 2.07. The van der Waals surface area contributed by atoms with Gasteiger partial charge >= 0.3 is 0 Å². The van der Waals surface area contributed by atoms with Gasteiger partial charge in [0.15, 0.2) is 0 Å². The SMILES string of the molecule is C=CSC(N)CC. The van der Waals surface area contributed by atoms with Crippen LogP contribution in [0.4, 0.5) is 0 Å². The van der Waals surface area contributed by atoms with Gasteiger partial charge in [0.25, 0.3) is 0 Å². The molecule has 0 bridgehead atoms. The molecule has 0 heterocycles.